The van der Waals surface area contributed by atoms with Crippen LogP contribution < -0.4 is 0 Å². The van der Waals surface area contributed by atoms with Crippen LogP contribution in [0, 0.1) is 6.92 Å². The third-order valence-electron chi connectivity index (χ3n) is 3.54. The standard InChI is InChI=1S/C15H17N3OS/c1-10-6-8-11(9-7-10)14-16-15(18-17-14)20-13-5-3-2-4-12(13)19/h6-9,13H,2-5H2,1H3,(H,16,17,18)/t13-/m0/s1. The number of rotatable bonds is 3. The molecule has 1 aliphatic carbocycles. The van der Waals surface area contributed by atoms with Gasteiger partial charge in [-0.05, 0) is 19.8 Å². The summed E-state index contributed by atoms with van der Waals surface area (Å²) in [6.45, 7) is 2.06. The molecule has 5 heteroatoms. The number of nitrogens with one attached hydrogen (secondary N) is 1. The number of aromatic nitrogens is 3. The highest BCUT2D eigenvalue weighted by atomic mass is 32.2. The largest absolute Gasteiger partial charge is 0.298 e. The summed E-state index contributed by atoms with van der Waals surface area (Å²) < 4.78 is 0. The number of thioether (sulfide) groups is 1. The molecule has 1 atom stereocenters. The Balaban J connectivity index is 1.73. The second-order valence-electron chi connectivity index (χ2n) is 5.15. The van der Waals surface area contributed by atoms with Crippen LogP contribution in [-0.2, 0) is 4.79 Å². The fourth-order valence-corrected chi connectivity index (χ4v) is 3.37. The highest BCUT2D eigenvalue weighted by Crippen LogP contribution is 2.30. The summed E-state index contributed by atoms with van der Waals surface area (Å²) in [5.41, 5.74) is 2.24. The van der Waals surface area contributed by atoms with Gasteiger partial charge in [-0.15, -0.1) is 5.10 Å². The minimum atomic E-state index is 0.0328. The maximum absolute atomic E-state index is 11.8. The van der Waals surface area contributed by atoms with Gasteiger partial charge < -0.3 is 0 Å². The molecule has 0 aliphatic heterocycles. The highest BCUT2D eigenvalue weighted by Gasteiger charge is 2.24. The van der Waals surface area contributed by atoms with Crippen LogP contribution in [0.5, 0.6) is 0 Å². The first-order valence-corrected chi connectivity index (χ1v) is 7.79. The van der Waals surface area contributed by atoms with Crippen molar-refractivity contribution in [2.24, 2.45) is 0 Å². The Morgan fingerprint density at radius 2 is 2.05 bits per heavy atom. The Morgan fingerprint density at radius 1 is 1.25 bits per heavy atom. The van der Waals surface area contributed by atoms with Crippen molar-refractivity contribution < 1.29 is 4.79 Å². The number of carbonyl (C=O) groups excluding carboxylic acids is 1. The average molecular weight is 287 g/mol. The molecule has 1 aromatic heterocycles. The minimum absolute atomic E-state index is 0.0328. The first-order valence-electron chi connectivity index (χ1n) is 6.91. The first kappa shape index (κ1) is 13.4. The van der Waals surface area contributed by atoms with Crippen LogP contribution in [-0.4, -0.2) is 26.2 Å². The van der Waals surface area contributed by atoms with E-state index in [4.69, 9.17) is 0 Å². The average Bonchev–Trinajstić information content (AvgIpc) is 2.91. The third-order valence-corrected chi connectivity index (χ3v) is 4.71. The molecule has 0 spiro atoms. The van der Waals surface area contributed by atoms with Gasteiger partial charge in [0.05, 0.1) is 5.25 Å². The molecule has 0 saturated heterocycles. The second-order valence-corrected chi connectivity index (χ2v) is 6.32. The number of nitrogens with zero attached hydrogens (tertiary/aromatic N) is 2. The molecular formula is C15H17N3OS. The summed E-state index contributed by atoms with van der Waals surface area (Å²) in [6.07, 6.45) is 3.79. The number of benzene rings is 1. The zero-order valence-electron chi connectivity index (χ0n) is 11.4. The molecule has 0 amide bonds. The summed E-state index contributed by atoms with van der Waals surface area (Å²) in [7, 11) is 0. The molecule has 0 unspecified atom stereocenters. The maximum atomic E-state index is 11.8. The quantitative estimate of drug-likeness (QED) is 0.940. The lowest BCUT2D eigenvalue weighted by molar-refractivity contribution is -0.119. The lowest BCUT2D eigenvalue weighted by Crippen LogP contribution is -2.21. The van der Waals surface area contributed by atoms with Crippen LogP contribution in [0.1, 0.15) is 31.2 Å². The number of H-pyrrole nitrogens is 1. The van der Waals surface area contributed by atoms with Crippen molar-refractivity contribution in [2.75, 3.05) is 0 Å². The van der Waals surface area contributed by atoms with E-state index in [2.05, 4.69) is 34.2 Å². The molecule has 1 saturated carbocycles. The highest BCUT2D eigenvalue weighted by molar-refractivity contribution is 8.00. The third kappa shape index (κ3) is 2.93. The molecular weight excluding hydrogens is 270 g/mol. The summed E-state index contributed by atoms with van der Waals surface area (Å²) in [5, 5.41) is 7.87. The van der Waals surface area contributed by atoms with Crippen LogP contribution in [0.25, 0.3) is 11.4 Å². The fourth-order valence-electron chi connectivity index (χ4n) is 2.34. The monoisotopic (exact) mass is 287 g/mol. The molecule has 1 aliphatic rings. The number of hydrogen-bond donors (Lipinski definition) is 1. The molecule has 104 valence electrons. The number of carbonyl (C=O) groups is 1. The Hall–Kier alpha value is -1.62. The van der Waals surface area contributed by atoms with E-state index in [0.29, 0.717) is 17.4 Å². The van der Waals surface area contributed by atoms with Crippen molar-refractivity contribution in [1.29, 1.82) is 0 Å². The molecule has 1 heterocycles. The normalized spacial score (nSPS) is 19.2. The van der Waals surface area contributed by atoms with E-state index >= 15 is 0 Å². The van der Waals surface area contributed by atoms with E-state index in [1.807, 2.05) is 12.1 Å². The predicted octanol–water partition coefficient (Wildman–Crippen LogP) is 3.38. The number of hydrogen-bond acceptors (Lipinski definition) is 4. The van der Waals surface area contributed by atoms with Crippen molar-refractivity contribution >= 4 is 17.5 Å². The molecule has 0 radical (unpaired) electrons. The SMILES string of the molecule is Cc1ccc(-c2nc(S[C@H]3CCCCC3=O)n[nH]2)cc1. The zero-order valence-corrected chi connectivity index (χ0v) is 12.2. The predicted molar refractivity (Wildman–Crippen MR) is 79.7 cm³/mol. The zero-order chi connectivity index (χ0) is 13.9. The van der Waals surface area contributed by atoms with Crippen molar-refractivity contribution in [3.8, 4) is 11.4 Å². The molecule has 20 heavy (non-hydrogen) atoms. The summed E-state index contributed by atoms with van der Waals surface area (Å²) in [6, 6.07) is 8.15. The van der Waals surface area contributed by atoms with Gasteiger partial charge in [0, 0.05) is 12.0 Å². The van der Waals surface area contributed by atoms with E-state index in [-0.39, 0.29) is 5.25 Å². The van der Waals surface area contributed by atoms with Crippen LogP contribution in [0.3, 0.4) is 0 Å². The molecule has 4 nitrogen and oxygen atoms in total. The Bertz CT molecular complexity index is 606. The van der Waals surface area contributed by atoms with E-state index in [1.165, 1.54) is 17.3 Å². The lowest BCUT2D eigenvalue weighted by Gasteiger charge is -2.17. The van der Waals surface area contributed by atoms with Gasteiger partial charge in [0.2, 0.25) is 5.16 Å². The fraction of sp³-hybridized carbons (Fsp3) is 0.400. The van der Waals surface area contributed by atoms with Crippen LogP contribution in [0.4, 0.5) is 0 Å². The minimum Gasteiger partial charge on any atom is -0.298 e. The summed E-state index contributed by atoms with van der Waals surface area (Å²) in [5.74, 6) is 1.10. The molecule has 2 aromatic rings. The number of aryl methyl sites for hydroxylation is 1. The van der Waals surface area contributed by atoms with E-state index in [1.54, 1.807) is 0 Å². The lowest BCUT2D eigenvalue weighted by atomic mass is 9.99. The molecule has 1 fully saturated rings. The number of aromatic amines is 1. The maximum Gasteiger partial charge on any atom is 0.209 e. The Kier molecular flexibility index (Phi) is 3.87. The van der Waals surface area contributed by atoms with Crippen LogP contribution in [0.2, 0.25) is 0 Å². The molecule has 0 bridgehead atoms. The van der Waals surface area contributed by atoms with Gasteiger partial charge in [0.1, 0.15) is 5.78 Å². The van der Waals surface area contributed by atoms with Gasteiger partial charge in [-0.2, -0.15) is 0 Å². The topological polar surface area (TPSA) is 58.6 Å². The van der Waals surface area contributed by atoms with E-state index in [0.717, 1.165) is 30.7 Å². The van der Waals surface area contributed by atoms with Gasteiger partial charge >= 0.3 is 0 Å². The van der Waals surface area contributed by atoms with Gasteiger partial charge in [-0.1, -0.05) is 48.0 Å². The van der Waals surface area contributed by atoms with E-state index in [9.17, 15) is 4.79 Å². The van der Waals surface area contributed by atoms with Gasteiger partial charge in [0.25, 0.3) is 0 Å². The van der Waals surface area contributed by atoms with E-state index < -0.39 is 0 Å². The molecule has 1 aromatic carbocycles. The van der Waals surface area contributed by atoms with Gasteiger partial charge in [-0.3, -0.25) is 9.89 Å². The first-order chi connectivity index (χ1) is 9.72. The number of Topliss-reactive ketones (excluding diaryl/α,β-unsaturated/α-hetero) is 1. The molecule has 3 rings (SSSR count). The van der Waals surface area contributed by atoms with Crippen molar-refractivity contribution in [2.45, 2.75) is 43.0 Å². The Labute approximate surface area is 122 Å². The van der Waals surface area contributed by atoms with Crippen molar-refractivity contribution in [3.63, 3.8) is 0 Å². The van der Waals surface area contributed by atoms with Gasteiger partial charge in [-0.25, -0.2) is 4.98 Å². The van der Waals surface area contributed by atoms with Crippen molar-refractivity contribution in [3.05, 3.63) is 29.8 Å². The molecule has 1 N–H and O–H groups in total. The second kappa shape index (κ2) is 5.79. The van der Waals surface area contributed by atoms with Gasteiger partial charge in [0.15, 0.2) is 5.82 Å². The van der Waals surface area contributed by atoms with Crippen LogP contribution >= 0.6 is 11.8 Å². The Morgan fingerprint density at radius 3 is 2.80 bits per heavy atom. The number of ketones is 1. The van der Waals surface area contributed by atoms with Crippen molar-refractivity contribution in [1.82, 2.24) is 15.2 Å². The smallest absolute Gasteiger partial charge is 0.209 e. The summed E-state index contributed by atoms with van der Waals surface area (Å²) >= 11 is 1.49. The summed E-state index contributed by atoms with van der Waals surface area (Å²) in [4.78, 5) is 16.3. The van der Waals surface area contributed by atoms with Crippen LogP contribution in [0.15, 0.2) is 29.4 Å².